The third kappa shape index (κ3) is 5.80. The number of pyridine rings is 1. The van der Waals surface area contributed by atoms with Crippen molar-refractivity contribution in [3.05, 3.63) is 89.3 Å². The van der Waals surface area contributed by atoms with Crippen molar-refractivity contribution < 1.29 is 36.0 Å². The maximum absolute atomic E-state index is 13.9. The molecule has 0 unspecified atom stereocenters. The molecular formula is C28H21F5N4O3. The summed E-state index contributed by atoms with van der Waals surface area (Å²) in [4.78, 5) is 29.4. The Morgan fingerprint density at radius 3 is 2.40 bits per heavy atom. The summed E-state index contributed by atoms with van der Waals surface area (Å²) in [6, 6.07) is 12.8. The molecule has 3 N–H and O–H groups in total. The van der Waals surface area contributed by atoms with E-state index in [9.17, 15) is 31.5 Å². The molecule has 12 heteroatoms. The van der Waals surface area contributed by atoms with E-state index in [0.29, 0.717) is 16.9 Å². The summed E-state index contributed by atoms with van der Waals surface area (Å²) in [6.07, 6.45) is -0.502. The summed E-state index contributed by atoms with van der Waals surface area (Å²) >= 11 is 0. The highest BCUT2D eigenvalue weighted by Gasteiger charge is 2.46. The van der Waals surface area contributed by atoms with Gasteiger partial charge in [0.1, 0.15) is 17.2 Å². The molecule has 0 bridgehead atoms. The molecule has 0 spiro atoms. The molecule has 2 aromatic carbocycles. The first-order valence-electron chi connectivity index (χ1n) is 12.0. The van der Waals surface area contributed by atoms with Crippen LogP contribution in [0.4, 0.5) is 27.8 Å². The number of aromatic nitrogens is 1. The van der Waals surface area contributed by atoms with Crippen LogP contribution in [0.5, 0.6) is 0 Å². The molecule has 40 heavy (non-hydrogen) atoms. The van der Waals surface area contributed by atoms with Crippen molar-refractivity contribution in [2.45, 2.75) is 18.6 Å². The first kappa shape index (κ1) is 26.9. The fourth-order valence-electron chi connectivity index (χ4n) is 4.23. The van der Waals surface area contributed by atoms with Gasteiger partial charge in [0.05, 0.1) is 25.2 Å². The van der Waals surface area contributed by atoms with Crippen molar-refractivity contribution in [1.82, 2.24) is 15.2 Å². The lowest BCUT2D eigenvalue weighted by molar-refractivity contribution is -0.136. The number of carbonyl (C=O) groups is 2. The van der Waals surface area contributed by atoms with Crippen LogP contribution in [0.3, 0.4) is 0 Å². The number of hydrogen-bond acceptors (Lipinski definition) is 5. The molecule has 0 atom stereocenters. The molecule has 2 amide bonds. The van der Waals surface area contributed by atoms with E-state index in [1.54, 1.807) is 12.1 Å². The van der Waals surface area contributed by atoms with Crippen molar-refractivity contribution in [2.24, 2.45) is 0 Å². The van der Waals surface area contributed by atoms with E-state index in [0.717, 1.165) is 11.0 Å². The van der Waals surface area contributed by atoms with Crippen LogP contribution >= 0.6 is 0 Å². The van der Waals surface area contributed by atoms with Gasteiger partial charge in [-0.1, -0.05) is 12.1 Å². The van der Waals surface area contributed by atoms with Crippen molar-refractivity contribution in [3.63, 3.8) is 0 Å². The zero-order valence-electron chi connectivity index (χ0n) is 20.6. The predicted molar refractivity (Wildman–Crippen MR) is 137 cm³/mol. The lowest BCUT2D eigenvalue weighted by Gasteiger charge is -2.38. The minimum absolute atomic E-state index is 0.112. The van der Waals surface area contributed by atoms with Gasteiger partial charge in [0.15, 0.2) is 0 Å². The number of nitrogens with two attached hydrogens (primary N) is 1. The number of alkyl halides is 5. The van der Waals surface area contributed by atoms with Crippen LogP contribution in [0.25, 0.3) is 28.2 Å². The molecule has 1 aliphatic heterocycles. The minimum Gasteiger partial charge on any atom is -0.459 e. The normalized spacial score (nSPS) is 14.9. The molecule has 1 saturated heterocycles. The Balaban J connectivity index is 1.34. The number of hydrogen-bond donors (Lipinski definition) is 2. The van der Waals surface area contributed by atoms with Crippen LogP contribution in [0.2, 0.25) is 0 Å². The Bertz CT molecular complexity index is 1600. The number of nitrogens with one attached hydrogen (secondary N) is 1. The third-order valence-electron chi connectivity index (χ3n) is 6.24. The van der Waals surface area contributed by atoms with Crippen molar-refractivity contribution >= 4 is 34.7 Å². The van der Waals surface area contributed by atoms with E-state index in [1.807, 2.05) is 0 Å². The standard InChI is InChI=1S/C28H21F5N4O3/c29-27(30)14-37(15-27)26(39)18-5-3-17(4-6-18)19-9-20-10-21(40-25(20)22(11-19)28(31,32)33)13-36-24(38)8-2-16-1-7-23(34)35-12-16/h1-12H,13-15H2,(H2,34,35)(H,36,38)/b8-2+. The van der Waals surface area contributed by atoms with Crippen molar-refractivity contribution in [3.8, 4) is 11.1 Å². The average Bonchev–Trinajstić information content (AvgIpc) is 3.31. The van der Waals surface area contributed by atoms with Gasteiger partial charge in [-0.25, -0.2) is 13.8 Å². The molecule has 5 rings (SSSR count). The van der Waals surface area contributed by atoms with Crippen molar-refractivity contribution in [1.29, 1.82) is 0 Å². The van der Waals surface area contributed by atoms with Gasteiger partial charge in [-0.3, -0.25) is 9.59 Å². The second-order valence-corrected chi connectivity index (χ2v) is 9.31. The molecule has 206 valence electrons. The molecular weight excluding hydrogens is 535 g/mol. The second kappa shape index (κ2) is 10.1. The number of amides is 2. The predicted octanol–water partition coefficient (Wildman–Crippen LogP) is 5.52. The number of halogens is 5. The van der Waals surface area contributed by atoms with Gasteiger partial charge in [-0.15, -0.1) is 0 Å². The summed E-state index contributed by atoms with van der Waals surface area (Å²) in [5.41, 5.74) is 5.52. The first-order chi connectivity index (χ1) is 18.9. The number of anilines is 1. The van der Waals surface area contributed by atoms with E-state index in [2.05, 4.69) is 10.3 Å². The van der Waals surface area contributed by atoms with Crippen LogP contribution < -0.4 is 11.1 Å². The molecule has 0 aliphatic carbocycles. The largest absolute Gasteiger partial charge is 0.459 e. The lowest BCUT2D eigenvalue weighted by Crippen LogP contribution is -2.58. The first-order valence-corrected chi connectivity index (χ1v) is 12.0. The lowest BCUT2D eigenvalue weighted by atomic mass is 9.98. The highest BCUT2D eigenvalue weighted by atomic mass is 19.4. The Morgan fingerprint density at radius 1 is 1.05 bits per heavy atom. The van der Waals surface area contributed by atoms with Gasteiger partial charge in [-0.2, -0.15) is 13.2 Å². The van der Waals surface area contributed by atoms with E-state index in [1.165, 1.54) is 54.7 Å². The second-order valence-electron chi connectivity index (χ2n) is 9.31. The fraction of sp³-hybridized carbons (Fsp3) is 0.179. The highest BCUT2D eigenvalue weighted by molar-refractivity contribution is 5.96. The quantitative estimate of drug-likeness (QED) is 0.241. The molecule has 0 saturated carbocycles. The minimum atomic E-state index is -4.73. The van der Waals surface area contributed by atoms with Gasteiger partial charge in [0, 0.05) is 23.2 Å². The summed E-state index contributed by atoms with van der Waals surface area (Å²) in [6.45, 7) is -1.49. The highest BCUT2D eigenvalue weighted by Crippen LogP contribution is 2.39. The van der Waals surface area contributed by atoms with Crippen LogP contribution in [-0.2, 0) is 17.5 Å². The monoisotopic (exact) mass is 556 g/mol. The summed E-state index contributed by atoms with van der Waals surface area (Å²) in [7, 11) is 0. The zero-order chi connectivity index (χ0) is 28.7. The Hall–Kier alpha value is -4.74. The van der Waals surface area contributed by atoms with E-state index in [-0.39, 0.29) is 34.4 Å². The Labute approximate surface area is 224 Å². The number of rotatable bonds is 6. The number of nitrogens with zero attached hydrogens (tertiary/aromatic N) is 2. The van der Waals surface area contributed by atoms with Gasteiger partial charge in [-0.05, 0) is 65.2 Å². The molecule has 4 aromatic rings. The van der Waals surface area contributed by atoms with Crippen LogP contribution in [0.1, 0.15) is 27.2 Å². The van der Waals surface area contributed by atoms with Gasteiger partial charge >= 0.3 is 6.18 Å². The Kier molecular flexibility index (Phi) is 6.78. The number of likely N-dealkylation sites (tertiary alicyclic amines) is 1. The number of nitrogen functional groups attached to an aromatic ring is 1. The number of benzene rings is 2. The molecule has 2 aromatic heterocycles. The zero-order valence-corrected chi connectivity index (χ0v) is 20.6. The SMILES string of the molecule is Nc1ccc(/C=C/C(=O)NCc2cc3cc(-c4ccc(C(=O)N5CC(F)(F)C5)cc4)cc(C(F)(F)F)c3o2)cn1. The number of carbonyl (C=O) groups excluding carboxylic acids is 2. The van der Waals surface area contributed by atoms with Crippen LogP contribution in [0, 0.1) is 0 Å². The molecule has 1 fully saturated rings. The number of furan rings is 1. The van der Waals surface area contributed by atoms with Gasteiger partial charge in [0.2, 0.25) is 5.91 Å². The van der Waals surface area contributed by atoms with Gasteiger partial charge < -0.3 is 20.4 Å². The Morgan fingerprint density at radius 2 is 1.77 bits per heavy atom. The smallest absolute Gasteiger partial charge is 0.420 e. The maximum atomic E-state index is 13.9. The van der Waals surface area contributed by atoms with E-state index in [4.69, 9.17) is 10.2 Å². The molecule has 1 aliphatic rings. The van der Waals surface area contributed by atoms with E-state index >= 15 is 0 Å². The summed E-state index contributed by atoms with van der Waals surface area (Å²) in [5.74, 6) is -3.54. The number of fused-ring (bicyclic) bond motifs is 1. The molecule has 7 nitrogen and oxygen atoms in total. The van der Waals surface area contributed by atoms with Crippen LogP contribution in [0.15, 0.2) is 71.3 Å². The fourth-order valence-corrected chi connectivity index (χ4v) is 4.23. The van der Waals surface area contributed by atoms with E-state index < -0.39 is 42.6 Å². The summed E-state index contributed by atoms with van der Waals surface area (Å²) < 4.78 is 73.4. The molecule has 3 heterocycles. The van der Waals surface area contributed by atoms with Gasteiger partial charge in [0.25, 0.3) is 11.8 Å². The summed E-state index contributed by atoms with van der Waals surface area (Å²) in [5, 5.41) is 2.73. The van der Waals surface area contributed by atoms with Crippen LogP contribution in [-0.4, -0.2) is 40.7 Å². The third-order valence-corrected chi connectivity index (χ3v) is 6.24. The topological polar surface area (TPSA) is 101 Å². The molecule has 0 radical (unpaired) electrons. The van der Waals surface area contributed by atoms with Crippen molar-refractivity contribution in [2.75, 3.05) is 18.8 Å². The average molecular weight is 556 g/mol. The maximum Gasteiger partial charge on any atom is 0.420 e.